The van der Waals surface area contributed by atoms with Gasteiger partial charge in [0.1, 0.15) is 23.1 Å². The third kappa shape index (κ3) is 2.51. The lowest BCUT2D eigenvalue weighted by atomic mass is 10.2. The quantitative estimate of drug-likeness (QED) is 0.392. The predicted molar refractivity (Wildman–Crippen MR) is 88.3 cm³/mol. The fourth-order valence-electron chi connectivity index (χ4n) is 2.16. The molecule has 0 aliphatic rings. The maximum absolute atomic E-state index is 14.2. The first-order chi connectivity index (χ1) is 10.0. The number of imidazole rings is 1. The molecule has 0 saturated carbocycles. The summed E-state index contributed by atoms with van der Waals surface area (Å²) in [5.41, 5.74) is 1.09. The van der Waals surface area contributed by atoms with Gasteiger partial charge < -0.3 is 0 Å². The monoisotopic (exact) mass is 438 g/mol. The van der Waals surface area contributed by atoms with Gasteiger partial charge in [0.05, 0.1) is 25.5 Å². The van der Waals surface area contributed by atoms with Gasteiger partial charge in [-0.1, -0.05) is 17.7 Å². The highest BCUT2D eigenvalue weighted by Gasteiger charge is 2.18. The SMILES string of the molecule is Fc1cc2c(cc1I)nc(CCl)n2-c1c(F)cccc1Cl. The fraction of sp³-hybridized carbons (Fsp3) is 0.0714. The van der Waals surface area contributed by atoms with E-state index in [-0.39, 0.29) is 16.6 Å². The van der Waals surface area contributed by atoms with Gasteiger partial charge in [-0.3, -0.25) is 4.57 Å². The molecule has 1 aromatic heterocycles. The van der Waals surface area contributed by atoms with Crippen LogP contribution in [0.2, 0.25) is 5.02 Å². The molecule has 0 amide bonds. The van der Waals surface area contributed by atoms with Crippen LogP contribution < -0.4 is 0 Å². The van der Waals surface area contributed by atoms with E-state index in [9.17, 15) is 8.78 Å². The van der Waals surface area contributed by atoms with Gasteiger partial charge in [0, 0.05) is 6.07 Å². The van der Waals surface area contributed by atoms with Crippen molar-refractivity contribution in [3.63, 3.8) is 0 Å². The van der Waals surface area contributed by atoms with Gasteiger partial charge in [0.15, 0.2) is 0 Å². The Morgan fingerprint density at radius 2 is 1.95 bits per heavy atom. The summed E-state index contributed by atoms with van der Waals surface area (Å²) in [6, 6.07) is 7.25. The average molecular weight is 439 g/mol. The lowest BCUT2D eigenvalue weighted by Crippen LogP contribution is -2.03. The third-order valence-corrected chi connectivity index (χ3v) is 4.42. The third-order valence-electron chi connectivity index (χ3n) is 3.05. The van der Waals surface area contributed by atoms with Gasteiger partial charge in [-0.25, -0.2) is 13.8 Å². The summed E-state index contributed by atoms with van der Waals surface area (Å²) >= 11 is 13.9. The van der Waals surface area contributed by atoms with Crippen LogP contribution in [0.5, 0.6) is 0 Å². The number of hydrogen-bond acceptors (Lipinski definition) is 1. The molecule has 0 bridgehead atoms. The number of benzene rings is 2. The summed E-state index contributed by atoms with van der Waals surface area (Å²) in [6.45, 7) is 0. The lowest BCUT2D eigenvalue weighted by Gasteiger charge is -2.11. The molecule has 108 valence electrons. The van der Waals surface area contributed by atoms with Crippen molar-refractivity contribution in [2.75, 3.05) is 0 Å². The zero-order valence-electron chi connectivity index (χ0n) is 10.4. The smallest absolute Gasteiger partial charge is 0.148 e. The molecular formula is C14H7Cl2F2IN2. The summed E-state index contributed by atoms with van der Waals surface area (Å²) in [4.78, 5) is 4.33. The summed E-state index contributed by atoms with van der Waals surface area (Å²) in [5.74, 6) is -0.470. The first-order valence-electron chi connectivity index (χ1n) is 5.89. The van der Waals surface area contributed by atoms with Crippen molar-refractivity contribution >= 4 is 56.8 Å². The molecule has 1 heterocycles. The molecule has 0 radical (unpaired) electrons. The minimum absolute atomic E-state index is 0.0531. The van der Waals surface area contributed by atoms with Crippen LogP contribution in [0.15, 0.2) is 30.3 Å². The Morgan fingerprint density at radius 3 is 2.62 bits per heavy atom. The molecule has 0 aliphatic carbocycles. The van der Waals surface area contributed by atoms with Gasteiger partial charge in [-0.15, -0.1) is 11.6 Å². The van der Waals surface area contributed by atoms with Crippen molar-refractivity contribution in [3.05, 3.63) is 56.4 Å². The molecule has 3 aromatic rings. The van der Waals surface area contributed by atoms with E-state index in [1.807, 2.05) is 22.6 Å². The number of hydrogen-bond donors (Lipinski definition) is 0. The van der Waals surface area contributed by atoms with Gasteiger partial charge in [0.25, 0.3) is 0 Å². The van der Waals surface area contributed by atoms with E-state index in [0.29, 0.717) is 20.4 Å². The van der Waals surface area contributed by atoms with Crippen LogP contribution in [0.25, 0.3) is 16.7 Å². The van der Waals surface area contributed by atoms with Crippen molar-refractivity contribution in [2.24, 2.45) is 0 Å². The lowest BCUT2D eigenvalue weighted by molar-refractivity contribution is 0.615. The fourth-order valence-corrected chi connectivity index (χ4v) is 3.04. The second-order valence-corrected chi connectivity index (χ2v) is 6.16. The number of halogens is 5. The van der Waals surface area contributed by atoms with Gasteiger partial charge >= 0.3 is 0 Å². The summed E-state index contributed by atoms with van der Waals surface area (Å²) in [7, 11) is 0. The van der Waals surface area contributed by atoms with E-state index in [2.05, 4.69) is 4.98 Å². The molecule has 2 nitrogen and oxygen atoms in total. The van der Waals surface area contributed by atoms with Crippen molar-refractivity contribution in [2.45, 2.75) is 5.88 Å². The Bertz CT molecular complexity index is 828. The highest BCUT2D eigenvalue weighted by atomic mass is 127. The number of fused-ring (bicyclic) bond motifs is 1. The van der Waals surface area contributed by atoms with Crippen LogP contribution in [0.1, 0.15) is 5.82 Å². The Hall–Kier alpha value is -0.920. The zero-order valence-corrected chi connectivity index (χ0v) is 14.0. The van der Waals surface area contributed by atoms with E-state index in [1.165, 1.54) is 22.8 Å². The summed E-state index contributed by atoms with van der Waals surface area (Å²) in [6.07, 6.45) is 0. The van der Waals surface area contributed by atoms with Gasteiger partial charge in [-0.05, 0) is 40.8 Å². The van der Waals surface area contributed by atoms with Crippen LogP contribution >= 0.6 is 45.8 Å². The maximum Gasteiger partial charge on any atom is 0.148 e. The zero-order chi connectivity index (χ0) is 15.1. The highest BCUT2D eigenvalue weighted by molar-refractivity contribution is 14.1. The largest absolute Gasteiger partial charge is 0.291 e. The molecule has 0 aliphatic heterocycles. The highest BCUT2D eigenvalue weighted by Crippen LogP contribution is 2.31. The molecule has 21 heavy (non-hydrogen) atoms. The Balaban J connectivity index is 2.43. The second kappa shape index (κ2) is 5.70. The first-order valence-corrected chi connectivity index (χ1v) is 7.88. The summed E-state index contributed by atoms with van der Waals surface area (Å²) in [5, 5.41) is 0.208. The number of alkyl halides is 1. The van der Waals surface area contributed by atoms with Crippen molar-refractivity contribution in [1.82, 2.24) is 9.55 Å². The number of nitrogens with zero attached hydrogens (tertiary/aromatic N) is 2. The van der Waals surface area contributed by atoms with Gasteiger partial charge in [0.2, 0.25) is 0 Å². The van der Waals surface area contributed by atoms with E-state index in [1.54, 1.807) is 12.1 Å². The van der Waals surface area contributed by atoms with Crippen LogP contribution in [-0.2, 0) is 5.88 Å². The van der Waals surface area contributed by atoms with E-state index >= 15 is 0 Å². The van der Waals surface area contributed by atoms with Crippen LogP contribution in [0, 0.1) is 15.2 Å². The van der Waals surface area contributed by atoms with Crippen molar-refractivity contribution < 1.29 is 8.78 Å². The number of rotatable bonds is 2. The number of aromatic nitrogens is 2. The Kier molecular flexibility index (Phi) is 4.07. The molecule has 0 spiro atoms. The number of para-hydroxylation sites is 1. The van der Waals surface area contributed by atoms with E-state index in [4.69, 9.17) is 23.2 Å². The van der Waals surface area contributed by atoms with Crippen LogP contribution in [0.3, 0.4) is 0 Å². The van der Waals surface area contributed by atoms with Crippen molar-refractivity contribution in [1.29, 1.82) is 0 Å². The Morgan fingerprint density at radius 1 is 1.19 bits per heavy atom. The minimum atomic E-state index is -0.521. The first kappa shape index (κ1) is 15.0. The topological polar surface area (TPSA) is 17.8 Å². The molecule has 7 heteroatoms. The standard InChI is InChI=1S/C14H7Cl2F2IN2/c15-6-13-20-11-5-10(19)9(18)4-12(11)21(13)14-7(16)2-1-3-8(14)17/h1-5H,6H2. The van der Waals surface area contributed by atoms with Crippen molar-refractivity contribution in [3.8, 4) is 5.69 Å². The molecule has 0 unspecified atom stereocenters. The van der Waals surface area contributed by atoms with E-state index in [0.717, 1.165) is 0 Å². The molecule has 2 aromatic carbocycles. The Labute approximate surface area is 142 Å². The summed E-state index contributed by atoms with van der Waals surface area (Å²) < 4.78 is 29.9. The molecular weight excluding hydrogens is 432 g/mol. The molecule has 0 saturated heterocycles. The van der Waals surface area contributed by atoms with Gasteiger partial charge in [-0.2, -0.15) is 0 Å². The minimum Gasteiger partial charge on any atom is -0.291 e. The van der Waals surface area contributed by atoms with E-state index < -0.39 is 11.6 Å². The molecule has 0 atom stereocenters. The second-order valence-electron chi connectivity index (χ2n) is 4.32. The van der Waals surface area contributed by atoms with Crippen LogP contribution in [-0.4, -0.2) is 9.55 Å². The predicted octanol–water partition coefficient (Wildman–Crippen LogP) is 5.30. The maximum atomic E-state index is 14.2. The molecule has 0 N–H and O–H groups in total. The molecule has 0 fully saturated rings. The normalized spacial score (nSPS) is 11.3. The average Bonchev–Trinajstić information content (AvgIpc) is 2.77. The van der Waals surface area contributed by atoms with Crippen LogP contribution in [0.4, 0.5) is 8.78 Å². The molecule has 3 rings (SSSR count).